The number of aryl methyl sites for hydroxylation is 1. The molecular formula is C8H5BrClNO2S. The number of nitrogens with zero attached hydrogens (tertiary/aromatic N) is 1. The molecule has 0 aromatic heterocycles. The van der Waals surface area contributed by atoms with Crippen LogP contribution in [0.4, 0.5) is 0 Å². The Hall–Kier alpha value is -0.570. The van der Waals surface area contributed by atoms with Crippen molar-refractivity contribution >= 4 is 35.7 Å². The first kappa shape index (κ1) is 11.5. The normalized spacial score (nSPS) is 11.0. The average molecular weight is 295 g/mol. The van der Waals surface area contributed by atoms with Gasteiger partial charge in [0, 0.05) is 15.2 Å². The fourth-order valence-corrected chi connectivity index (χ4v) is 2.86. The van der Waals surface area contributed by atoms with Gasteiger partial charge in [-0.05, 0) is 24.6 Å². The van der Waals surface area contributed by atoms with Gasteiger partial charge in [0.05, 0.1) is 5.56 Å². The van der Waals surface area contributed by atoms with E-state index in [0.717, 1.165) is 0 Å². The van der Waals surface area contributed by atoms with Crippen molar-refractivity contribution in [2.24, 2.45) is 0 Å². The van der Waals surface area contributed by atoms with Gasteiger partial charge in [-0.2, -0.15) is 5.26 Å². The Bertz CT molecular complexity index is 519. The van der Waals surface area contributed by atoms with E-state index in [1.165, 1.54) is 6.07 Å². The number of hydrogen-bond donors (Lipinski definition) is 0. The standard InChI is InChI=1S/C8H5BrClNO2S/c1-5-2-6(9)3-8(7(5)4-11)14(10,12)13/h2-3H,1H3. The SMILES string of the molecule is Cc1cc(Br)cc(S(=O)(=O)Cl)c1C#N. The molecule has 0 unspecified atom stereocenters. The van der Waals surface area contributed by atoms with Crippen LogP contribution in [0.15, 0.2) is 21.5 Å². The van der Waals surface area contributed by atoms with E-state index in [1.807, 2.05) is 6.07 Å². The van der Waals surface area contributed by atoms with Crippen LogP contribution in [0.2, 0.25) is 0 Å². The molecule has 0 heterocycles. The first-order valence-electron chi connectivity index (χ1n) is 3.51. The molecule has 1 aromatic rings. The van der Waals surface area contributed by atoms with Crippen LogP contribution in [0, 0.1) is 18.3 Å². The van der Waals surface area contributed by atoms with Gasteiger partial charge < -0.3 is 0 Å². The summed E-state index contributed by atoms with van der Waals surface area (Å²) in [4.78, 5) is -0.159. The monoisotopic (exact) mass is 293 g/mol. The number of hydrogen-bond acceptors (Lipinski definition) is 3. The average Bonchev–Trinajstić information content (AvgIpc) is 2.01. The number of rotatable bonds is 1. The lowest BCUT2D eigenvalue weighted by atomic mass is 10.1. The van der Waals surface area contributed by atoms with Crippen molar-refractivity contribution in [3.63, 3.8) is 0 Å². The van der Waals surface area contributed by atoms with Crippen molar-refractivity contribution in [2.75, 3.05) is 0 Å². The minimum Gasteiger partial charge on any atom is -0.207 e. The molecule has 0 aliphatic rings. The lowest BCUT2D eigenvalue weighted by molar-refractivity contribution is 0.609. The zero-order chi connectivity index (χ0) is 10.9. The van der Waals surface area contributed by atoms with E-state index in [9.17, 15) is 8.42 Å². The van der Waals surface area contributed by atoms with E-state index in [4.69, 9.17) is 15.9 Å². The van der Waals surface area contributed by atoms with E-state index in [2.05, 4.69) is 15.9 Å². The Labute approximate surface area is 94.9 Å². The molecule has 0 fully saturated rings. The maximum atomic E-state index is 11.1. The maximum Gasteiger partial charge on any atom is 0.262 e. The summed E-state index contributed by atoms with van der Waals surface area (Å²) in [6.07, 6.45) is 0. The predicted octanol–water partition coefficient (Wildman–Crippen LogP) is 2.56. The minimum atomic E-state index is -3.87. The second kappa shape index (κ2) is 3.89. The summed E-state index contributed by atoms with van der Waals surface area (Å²) >= 11 is 3.14. The Balaban J connectivity index is 3.68. The van der Waals surface area contributed by atoms with Crippen LogP contribution < -0.4 is 0 Å². The topological polar surface area (TPSA) is 57.9 Å². The van der Waals surface area contributed by atoms with Crippen LogP contribution in [0.5, 0.6) is 0 Å². The molecule has 6 heteroatoms. The highest BCUT2D eigenvalue weighted by molar-refractivity contribution is 9.10. The molecular weight excluding hydrogens is 290 g/mol. The summed E-state index contributed by atoms with van der Waals surface area (Å²) in [5.74, 6) is 0. The molecule has 0 spiro atoms. The second-order valence-electron chi connectivity index (χ2n) is 2.65. The van der Waals surface area contributed by atoms with Gasteiger partial charge in [-0.15, -0.1) is 0 Å². The number of nitriles is 1. The number of benzene rings is 1. The largest absolute Gasteiger partial charge is 0.262 e. The fourth-order valence-electron chi connectivity index (χ4n) is 1.05. The minimum absolute atomic E-state index is 0.0863. The zero-order valence-electron chi connectivity index (χ0n) is 7.08. The van der Waals surface area contributed by atoms with Gasteiger partial charge in [0.1, 0.15) is 11.0 Å². The van der Waals surface area contributed by atoms with Gasteiger partial charge in [0.25, 0.3) is 9.05 Å². The van der Waals surface area contributed by atoms with E-state index in [0.29, 0.717) is 10.0 Å². The van der Waals surface area contributed by atoms with E-state index in [-0.39, 0.29) is 10.5 Å². The molecule has 0 bridgehead atoms. The van der Waals surface area contributed by atoms with Gasteiger partial charge in [0.2, 0.25) is 0 Å². The van der Waals surface area contributed by atoms with Gasteiger partial charge >= 0.3 is 0 Å². The van der Waals surface area contributed by atoms with Gasteiger partial charge in [-0.1, -0.05) is 15.9 Å². The van der Waals surface area contributed by atoms with Crippen LogP contribution in [0.1, 0.15) is 11.1 Å². The molecule has 14 heavy (non-hydrogen) atoms. The second-order valence-corrected chi connectivity index (χ2v) is 6.10. The van der Waals surface area contributed by atoms with E-state index >= 15 is 0 Å². The van der Waals surface area contributed by atoms with Crippen molar-refractivity contribution < 1.29 is 8.42 Å². The molecule has 0 amide bonds. The summed E-state index contributed by atoms with van der Waals surface area (Å²) in [5.41, 5.74) is 0.657. The van der Waals surface area contributed by atoms with Crippen LogP contribution in [-0.4, -0.2) is 8.42 Å². The predicted molar refractivity (Wildman–Crippen MR) is 56.6 cm³/mol. The molecule has 0 N–H and O–H groups in total. The Morgan fingerprint density at radius 2 is 2.07 bits per heavy atom. The summed E-state index contributed by atoms with van der Waals surface area (Å²) < 4.78 is 22.8. The van der Waals surface area contributed by atoms with Crippen molar-refractivity contribution in [1.82, 2.24) is 0 Å². The molecule has 1 aromatic carbocycles. The lowest BCUT2D eigenvalue weighted by Gasteiger charge is -2.03. The molecule has 0 radical (unpaired) electrons. The third kappa shape index (κ3) is 2.27. The van der Waals surface area contributed by atoms with Crippen LogP contribution >= 0.6 is 26.6 Å². The summed E-state index contributed by atoms with van der Waals surface area (Å²) in [6.45, 7) is 1.65. The smallest absolute Gasteiger partial charge is 0.207 e. The molecule has 74 valence electrons. The van der Waals surface area contributed by atoms with Crippen molar-refractivity contribution in [2.45, 2.75) is 11.8 Å². The van der Waals surface area contributed by atoms with Crippen molar-refractivity contribution in [3.8, 4) is 6.07 Å². The highest BCUT2D eigenvalue weighted by Crippen LogP contribution is 2.26. The van der Waals surface area contributed by atoms with E-state index in [1.54, 1.807) is 13.0 Å². The van der Waals surface area contributed by atoms with Gasteiger partial charge in [-0.25, -0.2) is 8.42 Å². The third-order valence-corrected chi connectivity index (χ3v) is 3.44. The van der Waals surface area contributed by atoms with Gasteiger partial charge in [-0.3, -0.25) is 0 Å². The molecule has 3 nitrogen and oxygen atoms in total. The van der Waals surface area contributed by atoms with Gasteiger partial charge in [0.15, 0.2) is 0 Å². The maximum absolute atomic E-state index is 11.1. The Morgan fingerprint density at radius 3 is 2.50 bits per heavy atom. The van der Waals surface area contributed by atoms with Crippen LogP contribution in [0.25, 0.3) is 0 Å². The third-order valence-electron chi connectivity index (χ3n) is 1.64. The summed E-state index contributed by atoms with van der Waals surface area (Å²) in [7, 11) is 1.32. The Kier molecular flexibility index (Phi) is 3.20. The molecule has 0 aliphatic heterocycles. The highest BCUT2D eigenvalue weighted by atomic mass is 79.9. The fraction of sp³-hybridized carbons (Fsp3) is 0.125. The highest BCUT2D eigenvalue weighted by Gasteiger charge is 2.18. The van der Waals surface area contributed by atoms with Crippen molar-refractivity contribution in [3.05, 3.63) is 27.7 Å². The zero-order valence-corrected chi connectivity index (χ0v) is 10.2. The quantitative estimate of drug-likeness (QED) is 0.748. The Morgan fingerprint density at radius 1 is 1.50 bits per heavy atom. The molecule has 0 aliphatic carbocycles. The van der Waals surface area contributed by atoms with Crippen LogP contribution in [0.3, 0.4) is 0 Å². The number of halogens is 2. The molecule has 1 rings (SSSR count). The molecule has 0 saturated heterocycles. The summed E-state index contributed by atoms with van der Waals surface area (Å²) in [6, 6.07) is 4.78. The van der Waals surface area contributed by atoms with Crippen LogP contribution in [-0.2, 0) is 9.05 Å². The lowest BCUT2D eigenvalue weighted by Crippen LogP contribution is -1.97. The first-order valence-corrected chi connectivity index (χ1v) is 6.61. The molecule has 0 atom stereocenters. The first-order chi connectivity index (χ1) is 6.36. The van der Waals surface area contributed by atoms with E-state index < -0.39 is 9.05 Å². The van der Waals surface area contributed by atoms with Crippen molar-refractivity contribution in [1.29, 1.82) is 5.26 Å². The molecule has 0 saturated carbocycles. The summed E-state index contributed by atoms with van der Waals surface area (Å²) in [5, 5.41) is 8.77.